The molecular formula is C20H19N3O7. The lowest BCUT2D eigenvalue weighted by molar-refractivity contribution is -0.172. The minimum atomic E-state index is -0.868. The Kier molecular flexibility index (Phi) is 6.58. The minimum Gasteiger partial charge on any atom is -0.492 e. The van der Waals surface area contributed by atoms with Crippen LogP contribution >= 0.6 is 0 Å². The quantitative estimate of drug-likeness (QED) is 0.511. The fraction of sp³-hybridized carbons (Fsp3) is 0.250. The number of hydrogen-bond acceptors (Lipinski definition) is 8. The first-order valence-corrected chi connectivity index (χ1v) is 9.11. The number of rotatable bonds is 8. The van der Waals surface area contributed by atoms with Gasteiger partial charge in [0.1, 0.15) is 18.1 Å². The summed E-state index contributed by atoms with van der Waals surface area (Å²) in [6.07, 6.45) is 1.26. The van der Waals surface area contributed by atoms with Crippen LogP contribution in [0.15, 0.2) is 42.6 Å². The summed E-state index contributed by atoms with van der Waals surface area (Å²) in [6.45, 7) is 2.12. The summed E-state index contributed by atoms with van der Waals surface area (Å²) in [6, 6.07) is 9.70. The Morgan fingerprint density at radius 1 is 1.10 bits per heavy atom. The molecule has 1 aromatic carbocycles. The highest BCUT2D eigenvalue weighted by Crippen LogP contribution is 2.24. The van der Waals surface area contributed by atoms with Crippen molar-refractivity contribution < 1.29 is 33.5 Å². The number of pyridine rings is 1. The number of amides is 3. The molecule has 1 fully saturated rings. The van der Waals surface area contributed by atoms with Crippen LogP contribution in [0.3, 0.4) is 0 Å². The van der Waals surface area contributed by atoms with Gasteiger partial charge in [0.25, 0.3) is 11.8 Å². The Morgan fingerprint density at radius 3 is 2.50 bits per heavy atom. The van der Waals surface area contributed by atoms with Gasteiger partial charge in [-0.25, -0.2) is 9.78 Å². The first kappa shape index (κ1) is 20.8. The van der Waals surface area contributed by atoms with Crippen molar-refractivity contribution in [1.82, 2.24) is 15.4 Å². The van der Waals surface area contributed by atoms with Gasteiger partial charge in [-0.3, -0.25) is 14.4 Å². The van der Waals surface area contributed by atoms with Crippen LogP contribution in [0.1, 0.15) is 30.1 Å². The maximum Gasteiger partial charge on any atom is 0.365 e. The van der Waals surface area contributed by atoms with Gasteiger partial charge < -0.3 is 19.6 Å². The SMILES string of the molecule is CC(=O)NCCOc1cccc(Oc2ccc(C(=O)ON3C(=O)CCC3=O)cn2)c1. The molecule has 0 aliphatic carbocycles. The summed E-state index contributed by atoms with van der Waals surface area (Å²) in [4.78, 5) is 54.8. The fourth-order valence-corrected chi connectivity index (χ4v) is 2.50. The van der Waals surface area contributed by atoms with Gasteiger partial charge in [-0.2, -0.15) is 0 Å². The van der Waals surface area contributed by atoms with Gasteiger partial charge in [-0.1, -0.05) is 6.07 Å². The Hall–Kier alpha value is -3.95. The second kappa shape index (κ2) is 9.50. The third kappa shape index (κ3) is 5.53. The zero-order valence-corrected chi connectivity index (χ0v) is 16.1. The van der Waals surface area contributed by atoms with Crippen molar-refractivity contribution in [2.45, 2.75) is 19.8 Å². The van der Waals surface area contributed by atoms with E-state index in [0.717, 1.165) is 0 Å². The second-order valence-electron chi connectivity index (χ2n) is 6.25. The lowest BCUT2D eigenvalue weighted by Crippen LogP contribution is -2.32. The predicted octanol–water partition coefficient (Wildman–Crippen LogP) is 1.61. The van der Waals surface area contributed by atoms with Crippen LogP contribution in [-0.4, -0.2) is 46.9 Å². The van der Waals surface area contributed by atoms with E-state index in [9.17, 15) is 19.2 Å². The summed E-state index contributed by atoms with van der Waals surface area (Å²) in [5.74, 6) is -0.878. The molecule has 1 aromatic heterocycles. The molecule has 1 aliphatic heterocycles. The molecule has 1 aliphatic rings. The average molecular weight is 413 g/mol. The van der Waals surface area contributed by atoms with Crippen molar-refractivity contribution in [3.8, 4) is 17.4 Å². The van der Waals surface area contributed by atoms with Gasteiger partial charge in [-0.15, -0.1) is 5.06 Å². The molecule has 2 aromatic rings. The van der Waals surface area contributed by atoms with E-state index in [1.54, 1.807) is 24.3 Å². The normalized spacial score (nSPS) is 13.2. The monoisotopic (exact) mass is 413 g/mol. The largest absolute Gasteiger partial charge is 0.492 e. The number of benzene rings is 1. The van der Waals surface area contributed by atoms with Crippen molar-refractivity contribution in [3.63, 3.8) is 0 Å². The molecule has 3 amide bonds. The second-order valence-corrected chi connectivity index (χ2v) is 6.25. The number of aromatic nitrogens is 1. The fourth-order valence-electron chi connectivity index (χ4n) is 2.50. The zero-order valence-electron chi connectivity index (χ0n) is 16.1. The number of nitrogens with zero attached hydrogens (tertiary/aromatic N) is 2. The topological polar surface area (TPSA) is 124 Å². The molecule has 10 heteroatoms. The van der Waals surface area contributed by atoms with Crippen molar-refractivity contribution in [2.24, 2.45) is 0 Å². The zero-order chi connectivity index (χ0) is 21.5. The number of hydroxylamine groups is 2. The van der Waals surface area contributed by atoms with Gasteiger partial charge >= 0.3 is 5.97 Å². The number of carbonyl (C=O) groups is 4. The Balaban J connectivity index is 1.56. The van der Waals surface area contributed by atoms with Crippen molar-refractivity contribution in [1.29, 1.82) is 0 Å². The molecule has 0 atom stereocenters. The summed E-state index contributed by atoms with van der Waals surface area (Å²) in [7, 11) is 0. The third-order valence-corrected chi connectivity index (χ3v) is 3.92. The van der Waals surface area contributed by atoms with Crippen LogP contribution in [0, 0.1) is 0 Å². The standard InChI is InChI=1S/C20H19N3O7/c1-13(24)21-9-10-28-15-3-2-4-16(11-15)29-17-6-5-14(12-22-17)20(27)30-23-18(25)7-8-19(23)26/h2-6,11-12H,7-10H2,1H3,(H,21,24). The molecule has 3 rings (SSSR count). The highest BCUT2D eigenvalue weighted by Gasteiger charge is 2.33. The molecule has 0 saturated carbocycles. The van der Waals surface area contributed by atoms with Crippen molar-refractivity contribution >= 4 is 23.7 Å². The van der Waals surface area contributed by atoms with E-state index >= 15 is 0 Å². The predicted molar refractivity (Wildman–Crippen MR) is 101 cm³/mol. The van der Waals surface area contributed by atoms with Crippen LogP contribution in [0.25, 0.3) is 0 Å². The summed E-state index contributed by atoms with van der Waals surface area (Å²) in [5.41, 5.74) is 0.0601. The lowest BCUT2D eigenvalue weighted by Gasteiger charge is -2.12. The molecule has 156 valence electrons. The third-order valence-electron chi connectivity index (χ3n) is 3.92. The maximum absolute atomic E-state index is 12.1. The number of ether oxygens (including phenoxy) is 2. The number of nitrogens with one attached hydrogen (secondary N) is 1. The Morgan fingerprint density at radius 2 is 1.83 bits per heavy atom. The van der Waals surface area contributed by atoms with Crippen LogP contribution < -0.4 is 14.8 Å². The molecule has 1 N–H and O–H groups in total. The molecule has 0 radical (unpaired) electrons. The first-order chi connectivity index (χ1) is 14.4. The molecular weight excluding hydrogens is 394 g/mol. The number of hydrogen-bond donors (Lipinski definition) is 1. The molecule has 10 nitrogen and oxygen atoms in total. The minimum absolute atomic E-state index is 0.0210. The van der Waals surface area contributed by atoms with Crippen molar-refractivity contribution in [2.75, 3.05) is 13.2 Å². The molecule has 30 heavy (non-hydrogen) atoms. The summed E-state index contributed by atoms with van der Waals surface area (Å²) in [5, 5.41) is 3.11. The number of carbonyl (C=O) groups excluding carboxylic acids is 4. The van der Waals surface area contributed by atoms with E-state index in [4.69, 9.17) is 14.3 Å². The van der Waals surface area contributed by atoms with Gasteiger partial charge in [0.2, 0.25) is 11.8 Å². The molecule has 0 spiro atoms. The van der Waals surface area contributed by atoms with Crippen LogP contribution in [0.4, 0.5) is 0 Å². The highest BCUT2D eigenvalue weighted by atomic mass is 16.7. The van der Waals surface area contributed by atoms with Gasteiger partial charge in [-0.05, 0) is 18.2 Å². The van der Waals surface area contributed by atoms with E-state index < -0.39 is 17.8 Å². The van der Waals surface area contributed by atoms with E-state index in [0.29, 0.717) is 29.7 Å². The van der Waals surface area contributed by atoms with Crippen LogP contribution in [0.5, 0.6) is 17.4 Å². The molecule has 0 unspecified atom stereocenters. The van der Waals surface area contributed by atoms with Crippen molar-refractivity contribution in [3.05, 3.63) is 48.2 Å². The molecule has 1 saturated heterocycles. The maximum atomic E-state index is 12.1. The summed E-state index contributed by atoms with van der Waals surface area (Å²) >= 11 is 0. The van der Waals surface area contributed by atoms with E-state index in [-0.39, 0.29) is 30.2 Å². The average Bonchev–Trinajstić information content (AvgIpc) is 3.04. The first-order valence-electron chi connectivity index (χ1n) is 9.11. The lowest BCUT2D eigenvalue weighted by atomic mass is 10.3. The molecule has 0 bridgehead atoms. The van der Waals surface area contributed by atoms with E-state index in [1.165, 1.54) is 25.3 Å². The van der Waals surface area contributed by atoms with E-state index in [2.05, 4.69) is 10.3 Å². The molecule has 2 heterocycles. The van der Waals surface area contributed by atoms with Gasteiger partial charge in [0, 0.05) is 38.1 Å². The highest BCUT2D eigenvalue weighted by molar-refractivity contribution is 6.02. The van der Waals surface area contributed by atoms with Gasteiger partial charge in [0.05, 0.1) is 12.1 Å². The summed E-state index contributed by atoms with van der Waals surface area (Å²) < 4.78 is 11.2. The van der Waals surface area contributed by atoms with Gasteiger partial charge in [0.15, 0.2) is 0 Å². The van der Waals surface area contributed by atoms with Crippen LogP contribution in [-0.2, 0) is 19.2 Å². The Labute approximate surface area is 171 Å². The number of imide groups is 1. The van der Waals surface area contributed by atoms with E-state index in [1.807, 2.05) is 0 Å². The van der Waals surface area contributed by atoms with Crippen LogP contribution in [0.2, 0.25) is 0 Å². The Bertz CT molecular complexity index is 943. The smallest absolute Gasteiger partial charge is 0.365 e.